The molecule has 7 heteroatoms. The number of carbonyl (C=O) groups excluding carboxylic acids is 2. The van der Waals surface area contributed by atoms with Crippen LogP contribution >= 0.6 is 0 Å². The van der Waals surface area contributed by atoms with Gasteiger partial charge in [-0.1, -0.05) is 17.9 Å². The maximum Gasteiger partial charge on any atom is 0.255 e. The number of phenolic OH excluding ortho intramolecular Hbond substituents is 1. The average Bonchev–Trinajstić information content (AvgIpc) is 2.92. The van der Waals surface area contributed by atoms with Crippen LogP contribution in [0.1, 0.15) is 45.7 Å². The van der Waals surface area contributed by atoms with E-state index in [2.05, 4.69) is 21.7 Å². The highest BCUT2D eigenvalue weighted by Crippen LogP contribution is 2.19. The standard InChI is InChI=1S/C29H30N4O3/c1-3-31(4-2)28(35)24-10-12-26(13-11-24)32-14-16-33(17-15-32)29(36)25-18-23(20-30-21-25)9-8-22-6-5-7-27(34)19-22/h5-7,10-13,18-21,34H,3-4,14-17H2,1-2H3. The first kappa shape index (κ1) is 24.8. The Balaban J connectivity index is 1.37. The summed E-state index contributed by atoms with van der Waals surface area (Å²) in [7, 11) is 0. The van der Waals surface area contributed by atoms with Gasteiger partial charge in [0.15, 0.2) is 0 Å². The van der Waals surface area contributed by atoms with E-state index >= 15 is 0 Å². The van der Waals surface area contributed by atoms with Crippen molar-refractivity contribution in [1.82, 2.24) is 14.8 Å². The number of benzene rings is 2. The monoisotopic (exact) mass is 482 g/mol. The van der Waals surface area contributed by atoms with Crippen LogP contribution in [0.4, 0.5) is 5.69 Å². The summed E-state index contributed by atoms with van der Waals surface area (Å²) in [6, 6.07) is 16.2. The maximum absolute atomic E-state index is 13.1. The Morgan fingerprint density at radius 3 is 2.25 bits per heavy atom. The number of pyridine rings is 1. The Labute approximate surface area is 212 Å². The number of hydrogen-bond donors (Lipinski definition) is 1. The fraction of sp³-hybridized carbons (Fsp3) is 0.276. The zero-order valence-corrected chi connectivity index (χ0v) is 20.6. The Hall–Kier alpha value is -4.31. The predicted molar refractivity (Wildman–Crippen MR) is 140 cm³/mol. The van der Waals surface area contributed by atoms with E-state index in [9.17, 15) is 14.7 Å². The lowest BCUT2D eigenvalue weighted by Gasteiger charge is -2.36. The molecule has 36 heavy (non-hydrogen) atoms. The summed E-state index contributed by atoms with van der Waals surface area (Å²) in [4.78, 5) is 35.7. The van der Waals surface area contributed by atoms with E-state index in [0.29, 0.717) is 61.5 Å². The Morgan fingerprint density at radius 1 is 0.889 bits per heavy atom. The van der Waals surface area contributed by atoms with Crippen molar-refractivity contribution in [2.45, 2.75) is 13.8 Å². The van der Waals surface area contributed by atoms with Gasteiger partial charge in [0.25, 0.3) is 11.8 Å². The molecule has 1 aliphatic heterocycles. The summed E-state index contributed by atoms with van der Waals surface area (Å²) in [6.45, 7) is 7.95. The lowest BCUT2D eigenvalue weighted by atomic mass is 10.1. The van der Waals surface area contributed by atoms with Gasteiger partial charge < -0.3 is 19.8 Å². The summed E-state index contributed by atoms with van der Waals surface area (Å²) in [5.74, 6) is 6.14. The second-order valence-corrected chi connectivity index (χ2v) is 8.57. The molecule has 0 radical (unpaired) electrons. The molecule has 2 heterocycles. The van der Waals surface area contributed by atoms with Crippen LogP contribution in [0.3, 0.4) is 0 Å². The summed E-state index contributed by atoms with van der Waals surface area (Å²) in [5.41, 5.74) is 3.57. The molecule has 0 unspecified atom stereocenters. The van der Waals surface area contributed by atoms with Gasteiger partial charge in [0.05, 0.1) is 5.56 Å². The van der Waals surface area contributed by atoms with Gasteiger partial charge in [0.1, 0.15) is 5.75 Å². The van der Waals surface area contributed by atoms with Crippen LogP contribution in [-0.4, -0.2) is 71.0 Å². The number of anilines is 1. The normalized spacial score (nSPS) is 13.1. The zero-order valence-electron chi connectivity index (χ0n) is 20.6. The number of piperazine rings is 1. The molecule has 4 rings (SSSR count). The van der Waals surface area contributed by atoms with Crippen LogP contribution in [0.2, 0.25) is 0 Å². The SMILES string of the molecule is CCN(CC)C(=O)c1ccc(N2CCN(C(=O)c3cncc(C#Cc4cccc(O)c4)c3)CC2)cc1. The molecule has 184 valence electrons. The summed E-state index contributed by atoms with van der Waals surface area (Å²) in [6.07, 6.45) is 3.19. The van der Waals surface area contributed by atoms with Gasteiger partial charge in [-0.15, -0.1) is 0 Å². The average molecular weight is 483 g/mol. The van der Waals surface area contributed by atoms with E-state index in [0.717, 1.165) is 5.69 Å². The van der Waals surface area contributed by atoms with Gasteiger partial charge in [0.2, 0.25) is 0 Å². The van der Waals surface area contributed by atoms with Gasteiger partial charge >= 0.3 is 0 Å². The van der Waals surface area contributed by atoms with Crippen LogP contribution in [-0.2, 0) is 0 Å². The van der Waals surface area contributed by atoms with Crippen LogP contribution in [0, 0.1) is 11.8 Å². The van der Waals surface area contributed by atoms with E-state index in [-0.39, 0.29) is 17.6 Å². The molecule has 2 aromatic carbocycles. The van der Waals surface area contributed by atoms with Crippen LogP contribution in [0.15, 0.2) is 67.0 Å². The van der Waals surface area contributed by atoms with Gasteiger partial charge in [-0.05, 0) is 62.4 Å². The molecule has 2 amide bonds. The van der Waals surface area contributed by atoms with Crippen LogP contribution in [0.25, 0.3) is 0 Å². The third-order valence-electron chi connectivity index (χ3n) is 6.28. The van der Waals surface area contributed by atoms with Crippen molar-refractivity contribution in [1.29, 1.82) is 0 Å². The van der Waals surface area contributed by atoms with Gasteiger partial charge in [-0.2, -0.15) is 0 Å². The first-order valence-corrected chi connectivity index (χ1v) is 12.2. The quantitative estimate of drug-likeness (QED) is 0.562. The molecular weight excluding hydrogens is 452 g/mol. The van der Waals surface area contributed by atoms with Crippen molar-refractivity contribution in [3.8, 4) is 17.6 Å². The number of carbonyl (C=O) groups is 2. The van der Waals surface area contributed by atoms with E-state index in [1.54, 1.807) is 41.6 Å². The molecule has 0 spiro atoms. The van der Waals surface area contributed by atoms with E-state index < -0.39 is 0 Å². The number of rotatable bonds is 5. The maximum atomic E-state index is 13.1. The smallest absolute Gasteiger partial charge is 0.255 e. The van der Waals surface area contributed by atoms with E-state index in [4.69, 9.17) is 0 Å². The third kappa shape index (κ3) is 5.84. The van der Waals surface area contributed by atoms with Crippen molar-refractivity contribution in [2.75, 3.05) is 44.2 Å². The summed E-state index contributed by atoms with van der Waals surface area (Å²) >= 11 is 0. The van der Waals surface area contributed by atoms with Gasteiger partial charge in [-0.3, -0.25) is 14.6 Å². The molecular formula is C29H30N4O3. The molecule has 3 aromatic rings. The first-order chi connectivity index (χ1) is 17.5. The molecule has 0 bridgehead atoms. The molecule has 0 aliphatic carbocycles. The molecule has 0 saturated carbocycles. The molecule has 7 nitrogen and oxygen atoms in total. The lowest BCUT2D eigenvalue weighted by molar-refractivity contribution is 0.0743. The summed E-state index contributed by atoms with van der Waals surface area (Å²) < 4.78 is 0. The molecule has 0 atom stereocenters. The van der Waals surface area contributed by atoms with Crippen molar-refractivity contribution in [3.05, 3.63) is 89.2 Å². The summed E-state index contributed by atoms with van der Waals surface area (Å²) in [5, 5.41) is 9.59. The van der Waals surface area contributed by atoms with Crippen molar-refractivity contribution >= 4 is 17.5 Å². The van der Waals surface area contributed by atoms with Gasteiger partial charge in [0, 0.05) is 74.0 Å². The first-order valence-electron chi connectivity index (χ1n) is 12.2. The fourth-order valence-corrected chi connectivity index (χ4v) is 4.21. The minimum Gasteiger partial charge on any atom is -0.508 e. The van der Waals surface area contributed by atoms with Crippen molar-refractivity contribution in [2.24, 2.45) is 0 Å². The highest BCUT2D eigenvalue weighted by atomic mass is 16.3. The second kappa shape index (κ2) is 11.4. The topological polar surface area (TPSA) is 77.0 Å². The van der Waals surface area contributed by atoms with E-state index in [1.807, 2.05) is 49.1 Å². The van der Waals surface area contributed by atoms with Crippen LogP contribution < -0.4 is 4.90 Å². The Morgan fingerprint density at radius 2 is 1.58 bits per heavy atom. The van der Waals surface area contributed by atoms with Crippen LogP contribution in [0.5, 0.6) is 5.75 Å². The Bertz CT molecular complexity index is 1280. The number of nitrogens with zero attached hydrogens (tertiary/aromatic N) is 4. The Kier molecular flexibility index (Phi) is 7.86. The molecule has 1 saturated heterocycles. The number of hydrogen-bond acceptors (Lipinski definition) is 5. The number of aromatic nitrogens is 1. The number of phenols is 1. The molecule has 1 aliphatic rings. The third-order valence-corrected chi connectivity index (χ3v) is 6.28. The van der Waals surface area contributed by atoms with Gasteiger partial charge in [-0.25, -0.2) is 0 Å². The zero-order chi connectivity index (χ0) is 25.5. The van der Waals surface area contributed by atoms with Crippen molar-refractivity contribution in [3.63, 3.8) is 0 Å². The number of amides is 2. The lowest BCUT2D eigenvalue weighted by Crippen LogP contribution is -2.48. The number of aromatic hydroxyl groups is 1. The fourth-order valence-electron chi connectivity index (χ4n) is 4.21. The van der Waals surface area contributed by atoms with E-state index in [1.165, 1.54) is 0 Å². The predicted octanol–water partition coefficient (Wildman–Crippen LogP) is 3.63. The molecule has 1 fully saturated rings. The molecule has 1 aromatic heterocycles. The minimum absolute atomic E-state index is 0.0458. The minimum atomic E-state index is -0.0664. The largest absolute Gasteiger partial charge is 0.508 e. The second-order valence-electron chi connectivity index (χ2n) is 8.57. The highest BCUT2D eigenvalue weighted by Gasteiger charge is 2.23. The highest BCUT2D eigenvalue weighted by molar-refractivity contribution is 5.95. The van der Waals surface area contributed by atoms with Crippen molar-refractivity contribution < 1.29 is 14.7 Å². The molecule has 1 N–H and O–H groups in total.